The van der Waals surface area contributed by atoms with E-state index in [1.54, 1.807) is 6.08 Å². The highest BCUT2D eigenvalue weighted by atomic mass is 16.2. The highest BCUT2D eigenvalue weighted by molar-refractivity contribution is 4.80. The van der Waals surface area contributed by atoms with E-state index in [9.17, 15) is 0 Å². The topological polar surface area (TPSA) is 20.2 Å². The van der Waals surface area contributed by atoms with Gasteiger partial charge in [-0.3, -0.25) is 0 Å². The van der Waals surface area contributed by atoms with E-state index in [-0.39, 0.29) is 14.0 Å². The monoisotopic (exact) mass is 144 g/mol. The smallest absolute Gasteiger partial charge is 0.0612 e. The van der Waals surface area contributed by atoms with Gasteiger partial charge in [0.2, 0.25) is 0 Å². The Balaban J connectivity index is 0. The van der Waals surface area contributed by atoms with Crippen LogP contribution < -0.4 is 0 Å². The zero-order valence-corrected chi connectivity index (χ0v) is 6.14. The van der Waals surface area contributed by atoms with Crippen LogP contribution in [-0.4, -0.2) is 11.7 Å². The van der Waals surface area contributed by atoms with Gasteiger partial charge in [0.05, 0.1) is 6.61 Å². The number of rotatable bonds is 5. The maximum Gasteiger partial charge on any atom is 0.0612 e. The van der Waals surface area contributed by atoms with E-state index in [1.165, 1.54) is 19.3 Å². The number of hydrogen-bond acceptors (Lipinski definition) is 1. The summed E-state index contributed by atoms with van der Waals surface area (Å²) >= 11 is 0. The molecule has 0 amide bonds. The molecule has 0 fully saturated rings. The molecule has 62 valence electrons. The zero-order chi connectivity index (χ0) is 6.95. The number of allylic oxidation sites excluding steroid dienone is 1. The van der Waals surface area contributed by atoms with Gasteiger partial charge in [0, 0.05) is 0 Å². The Morgan fingerprint density at radius 2 is 1.90 bits per heavy atom. The van der Waals surface area contributed by atoms with E-state index in [1.807, 2.05) is 6.08 Å². The van der Waals surface area contributed by atoms with Crippen LogP contribution in [0, 0.1) is 0 Å². The van der Waals surface area contributed by atoms with Crippen LogP contribution in [0.4, 0.5) is 0 Å². The second-order valence-corrected chi connectivity index (χ2v) is 2.15. The van der Waals surface area contributed by atoms with Crippen LogP contribution in [0.15, 0.2) is 12.2 Å². The van der Waals surface area contributed by atoms with Crippen molar-refractivity contribution >= 4 is 0 Å². The molecular formula is C9H20O. The van der Waals surface area contributed by atoms with Crippen LogP contribution in [0.25, 0.3) is 0 Å². The Labute approximate surface area is 64.8 Å². The predicted octanol–water partition coefficient (Wildman–Crippen LogP) is 2.75. The van der Waals surface area contributed by atoms with Crippen LogP contribution in [-0.2, 0) is 0 Å². The summed E-state index contributed by atoms with van der Waals surface area (Å²) in [7, 11) is 0. The van der Waals surface area contributed by atoms with Gasteiger partial charge in [0.15, 0.2) is 0 Å². The molecule has 0 heterocycles. The summed E-state index contributed by atoms with van der Waals surface area (Å²) in [6.07, 6.45) is 8.79. The van der Waals surface area contributed by atoms with Crippen molar-refractivity contribution in [2.45, 2.75) is 40.0 Å². The molecule has 10 heavy (non-hydrogen) atoms. The number of hydrogen-bond donors (Lipinski definition) is 1. The maximum absolute atomic E-state index is 8.34. The first kappa shape index (κ1) is 12.4. The van der Waals surface area contributed by atoms with Crippen LogP contribution in [0.5, 0.6) is 0 Å². The van der Waals surface area contributed by atoms with Crippen LogP contribution >= 0.6 is 0 Å². The first-order valence-corrected chi connectivity index (χ1v) is 3.67. The predicted molar refractivity (Wildman–Crippen MR) is 47.1 cm³/mol. The van der Waals surface area contributed by atoms with Crippen molar-refractivity contribution in [3.05, 3.63) is 12.2 Å². The Hall–Kier alpha value is -0.300. The van der Waals surface area contributed by atoms with Gasteiger partial charge in [-0.15, -0.1) is 0 Å². The van der Waals surface area contributed by atoms with Crippen LogP contribution in [0.3, 0.4) is 0 Å². The maximum atomic E-state index is 8.34. The van der Waals surface area contributed by atoms with Crippen molar-refractivity contribution in [1.29, 1.82) is 0 Å². The summed E-state index contributed by atoms with van der Waals surface area (Å²) < 4.78 is 0. The molecule has 0 spiro atoms. The summed E-state index contributed by atoms with van der Waals surface area (Å²) in [5, 5.41) is 8.34. The fraction of sp³-hybridized carbons (Fsp3) is 0.778. The van der Waals surface area contributed by atoms with Crippen LogP contribution in [0.2, 0.25) is 0 Å². The van der Waals surface area contributed by atoms with Gasteiger partial charge >= 0.3 is 0 Å². The highest BCUT2D eigenvalue weighted by Gasteiger charge is 1.79. The molecule has 0 aliphatic heterocycles. The van der Waals surface area contributed by atoms with Crippen molar-refractivity contribution in [1.82, 2.24) is 0 Å². The summed E-state index contributed by atoms with van der Waals surface area (Å²) in [5.41, 5.74) is 0. The quantitative estimate of drug-likeness (QED) is 0.464. The Bertz CT molecular complexity index is 67.1. The van der Waals surface area contributed by atoms with Crippen molar-refractivity contribution in [2.24, 2.45) is 0 Å². The molecule has 0 unspecified atom stereocenters. The lowest BCUT2D eigenvalue weighted by atomic mass is 10.2. The van der Waals surface area contributed by atoms with Crippen LogP contribution in [0.1, 0.15) is 40.0 Å². The molecule has 1 heteroatoms. The van der Waals surface area contributed by atoms with Gasteiger partial charge in [-0.1, -0.05) is 39.3 Å². The highest BCUT2D eigenvalue weighted by Crippen LogP contribution is 1.98. The first-order chi connectivity index (χ1) is 4.41. The van der Waals surface area contributed by atoms with E-state index in [2.05, 4.69) is 6.92 Å². The lowest BCUT2D eigenvalue weighted by Crippen LogP contribution is -1.73. The second kappa shape index (κ2) is 11.5. The molecule has 0 aromatic carbocycles. The minimum Gasteiger partial charge on any atom is -0.392 e. The molecule has 0 aromatic heterocycles. The normalized spacial score (nSPS) is 9.80. The summed E-state index contributed by atoms with van der Waals surface area (Å²) in [4.78, 5) is 0. The van der Waals surface area contributed by atoms with Gasteiger partial charge < -0.3 is 5.11 Å². The zero-order valence-electron chi connectivity index (χ0n) is 6.14. The largest absolute Gasteiger partial charge is 0.392 e. The Morgan fingerprint density at radius 1 is 1.20 bits per heavy atom. The van der Waals surface area contributed by atoms with Gasteiger partial charge in [0.1, 0.15) is 0 Å². The molecule has 0 aliphatic rings. The second-order valence-electron chi connectivity index (χ2n) is 2.15. The van der Waals surface area contributed by atoms with Gasteiger partial charge in [0.25, 0.3) is 0 Å². The lowest BCUT2D eigenvalue weighted by molar-refractivity contribution is 0.342. The third kappa shape index (κ3) is 10.6. The Morgan fingerprint density at radius 3 is 2.40 bits per heavy atom. The van der Waals surface area contributed by atoms with E-state index in [4.69, 9.17) is 5.11 Å². The third-order valence-corrected chi connectivity index (χ3v) is 1.25. The van der Waals surface area contributed by atoms with E-state index >= 15 is 0 Å². The van der Waals surface area contributed by atoms with E-state index in [0.29, 0.717) is 0 Å². The molecule has 1 nitrogen and oxygen atoms in total. The number of unbranched alkanes of at least 4 members (excludes halogenated alkanes) is 3. The molecule has 0 bridgehead atoms. The standard InChI is InChI=1S/C8H16O.CH4/c1-2-3-4-5-6-7-8-9;/h6-7,9H,2-5,8H2,1H3;1H4. The average Bonchev–Trinajstić information content (AvgIpc) is 1.89. The molecule has 0 saturated heterocycles. The fourth-order valence-electron chi connectivity index (χ4n) is 0.705. The molecule has 1 N–H and O–H groups in total. The fourth-order valence-corrected chi connectivity index (χ4v) is 0.705. The van der Waals surface area contributed by atoms with Gasteiger partial charge in [-0.25, -0.2) is 0 Å². The average molecular weight is 144 g/mol. The number of aliphatic hydroxyl groups excluding tert-OH is 1. The molecule has 0 atom stereocenters. The summed E-state index contributed by atoms with van der Waals surface area (Å²) in [5.74, 6) is 0. The molecule has 0 rings (SSSR count). The van der Waals surface area contributed by atoms with Crippen molar-refractivity contribution in [2.75, 3.05) is 6.61 Å². The molecular weight excluding hydrogens is 124 g/mol. The van der Waals surface area contributed by atoms with Crippen molar-refractivity contribution < 1.29 is 5.11 Å². The SMILES string of the molecule is C.CCCCCC=CCO. The first-order valence-electron chi connectivity index (χ1n) is 3.67. The molecule has 0 aromatic rings. The minimum absolute atomic E-state index is 0. The van der Waals surface area contributed by atoms with Crippen molar-refractivity contribution in [3.8, 4) is 0 Å². The summed E-state index contributed by atoms with van der Waals surface area (Å²) in [6.45, 7) is 2.38. The summed E-state index contributed by atoms with van der Waals surface area (Å²) in [6, 6.07) is 0. The Kier molecular flexibility index (Phi) is 14.2. The number of aliphatic hydroxyl groups is 1. The lowest BCUT2D eigenvalue weighted by Gasteiger charge is -1.89. The minimum atomic E-state index is 0. The van der Waals surface area contributed by atoms with Gasteiger partial charge in [-0.2, -0.15) is 0 Å². The molecule has 0 radical (unpaired) electrons. The molecule has 0 saturated carbocycles. The molecule has 0 aliphatic carbocycles. The van der Waals surface area contributed by atoms with Crippen molar-refractivity contribution in [3.63, 3.8) is 0 Å². The van der Waals surface area contributed by atoms with Gasteiger partial charge in [-0.05, 0) is 12.8 Å². The van der Waals surface area contributed by atoms with E-state index in [0.717, 1.165) is 6.42 Å². The van der Waals surface area contributed by atoms with E-state index < -0.39 is 0 Å². The third-order valence-electron chi connectivity index (χ3n) is 1.25.